The van der Waals surface area contributed by atoms with Gasteiger partial charge < -0.3 is 14.6 Å². The van der Waals surface area contributed by atoms with E-state index in [4.69, 9.17) is 4.74 Å². The molecule has 2 rings (SSSR count). The molecule has 0 radical (unpaired) electrons. The fourth-order valence-corrected chi connectivity index (χ4v) is 2.74. The monoisotopic (exact) mass is 298 g/mol. The minimum absolute atomic E-state index is 0.352. The zero-order chi connectivity index (χ0) is 13.7. The molecule has 1 atom stereocenters. The third-order valence-electron chi connectivity index (χ3n) is 2.74. The molecule has 1 aliphatic carbocycles. The lowest BCUT2D eigenvalue weighted by atomic mass is 9.96. The van der Waals surface area contributed by atoms with E-state index < -0.39 is 6.10 Å². The Morgan fingerprint density at radius 3 is 3.00 bits per heavy atom. The van der Waals surface area contributed by atoms with Crippen LogP contribution in [0.3, 0.4) is 0 Å². The van der Waals surface area contributed by atoms with Crippen LogP contribution < -0.4 is 4.72 Å². The maximum absolute atomic E-state index is 9.21. The summed E-state index contributed by atoms with van der Waals surface area (Å²) in [4.78, 5) is 4.46. The van der Waals surface area contributed by atoms with E-state index in [-0.39, 0.29) is 0 Å². The van der Waals surface area contributed by atoms with Crippen LogP contribution >= 0.6 is 24.2 Å². The third-order valence-corrected chi connectivity index (χ3v) is 3.87. The molecular formula is C13H18N2O2S2. The molecule has 104 valence electrons. The van der Waals surface area contributed by atoms with Gasteiger partial charge in [-0.2, -0.15) is 0 Å². The highest BCUT2D eigenvalue weighted by Crippen LogP contribution is 2.30. The maximum Gasteiger partial charge on any atom is 0.193 e. The minimum Gasteiger partial charge on any atom is -0.391 e. The normalized spacial score (nSPS) is 16.8. The Labute approximate surface area is 122 Å². The molecular weight excluding hydrogens is 280 g/mol. The SMILES string of the molecule is C[C@H](O)COCC1=CCCC=C1c1csc(NS)n1. The number of allylic oxidation sites excluding steroid dienone is 2. The summed E-state index contributed by atoms with van der Waals surface area (Å²) in [5.74, 6) is 0. The Balaban J connectivity index is 2.05. The topological polar surface area (TPSA) is 54.4 Å². The van der Waals surface area contributed by atoms with Gasteiger partial charge in [-0.15, -0.1) is 11.3 Å². The number of hydrogen-bond acceptors (Lipinski definition) is 6. The molecule has 4 nitrogen and oxygen atoms in total. The molecule has 0 bridgehead atoms. The summed E-state index contributed by atoms with van der Waals surface area (Å²) >= 11 is 5.53. The van der Waals surface area contributed by atoms with E-state index in [0.29, 0.717) is 13.2 Å². The van der Waals surface area contributed by atoms with E-state index in [1.54, 1.807) is 6.92 Å². The molecule has 0 saturated carbocycles. The average Bonchev–Trinajstić information content (AvgIpc) is 2.87. The van der Waals surface area contributed by atoms with Crippen LogP contribution in [0, 0.1) is 0 Å². The van der Waals surface area contributed by atoms with Crippen molar-refractivity contribution < 1.29 is 9.84 Å². The van der Waals surface area contributed by atoms with E-state index in [9.17, 15) is 5.11 Å². The molecule has 0 fully saturated rings. The number of ether oxygens (including phenoxy) is 1. The van der Waals surface area contributed by atoms with Crippen LogP contribution in [-0.2, 0) is 4.74 Å². The summed E-state index contributed by atoms with van der Waals surface area (Å²) in [5, 5.41) is 12.0. The molecule has 2 N–H and O–H groups in total. The van der Waals surface area contributed by atoms with Crippen molar-refractivity contribution in [1.82, 2.24) is 4.98 Å². The van der Waals surface area contributed by atoms with Gasteiger partial charge in [-0.05, 0) is 25.3 Å². The van der Waals surface area contributed by atoms with Gasteiger partial charge in [-0.3, -0.25) is 0 Å². The van der Waals surface area contributed by atoms with Crippen LogP contribution in [0.2, 0.25) is 0 Å². The van der Waals surface area contributed by atoms with Crippen LogP contribution in [0.15, 0.2) is 23.1 Å². The molecule has 0 amide bonds. The first-order chi connectivity index (χ1) is 9.20. The van der Waals surface area contributed by atoms with Gasteiger partial charge in [0.05, 0.1) is 25.0 Å². The highest BCUT2D eigenvalue weighted by molar-refractivity contribution is 7.81. The van der Waals surface area contributed by atoms with Gasteiger partial charge in [0.15, 0.2) is 5.13 Å². The van der Waals surface area contributed by atoms with Crippen molar-refractivity contribution in [1.29, 1.82) is 0 Å². The van der Waals surface area contributed by atoms with Crippen molar-refractivity contribution in [3.8, 4) is 0 Å². The quantitative estimate of drug-likeness (QED) is 0.707. The average molecular weight is 298 g/mol. The van der Waals surface area contributed by atoms with Crippen LogP contribution in [0.4, 0.5) is 5.13 Å². The molecule has 0 aromatic carbocycles. The lowest BCUT2D eigenvalue weighted by Gasteiger charge is -2.15. The van der Waals surface area contributed by atoms with Crippen molar-refractivity contribution in [2.75, 3.05) is 17.9 Å². The van der Waals surface area contributed by atoms with Crippen molar-refractivity contribution in [2.45, 2.75) is 25.9 Å². The van der Waals surface area contributed by atoms with Gasteiger partial charge >= 0.3 is 0 Å². The fraction of sp³-hybridized carbons (Fsp3) is 0.462. The van der Waals surface area contributed by atoms with Gasteiger partial charge in [0.1, 0.15) is 0 Å². The molecule has 0 spiro atoms. The lowest BCUT2D eigenvalue weighted by Crippen LogP contribution is -2.13. The Hall–Kier alpha value is -0.820. The summed E-state index contributed by atoms with van der Waals surface area (Å²) in [6, 6.07) is 0. The first-order valence-corrected chi connectivity index (χ1v) is 7.54. The molecule has 0 unspecified atom stereocenters. The number of anilines is 1. The predicted molar refractivity (Wildman–Crippen MR) is 82.5 cm³/mol. The van der Waals surface area contributed by atoms with Crippen molar-refractivity contribution in [3.63, 3.8) is 0 Å². The number of aliphatic hydroxyl groups excluding tert-OH is 1. The number of nitrogens with zero attached hydrogens (tertiary/aromatic N) is 1. The Bertz CT molecular complexity index is 481. The number of hydrogen-bond donors (Lipinski definition) is 3. The molecule has 0 saturated heterocycles. The van der Waals surface area contributed by atoms with E-state index in [2.05, 4.69) is 34.7 Å². The van der Waals surface area contributed by atoms with E-state index >= 15 is 0 Å². The first-order valence-electron chi connectivity index (χ1n) is 6.22. The lowest BCUT2D eigenvalue weighted by molar-refractivity contribution is 0.0580. The van der Waals surface area contributed by atoms with Gasteiger partial charge in [0.25, 0.3) is 0 Å². The fourth-order valence-electron chi connectivity index (χ4n) is 1.92. The highest BCUT2D eigenvalue weighted by Gasteiger charge is 2.14. The minimum atomic E-state index is -0.434. The Morgan fingerprint density at radius 1 is 1.53 bits per heavy atom. The van der Waals surface area contributed by atoms with Gasteiger partial charge in [-0.25, -0.2) is 4.98 Å². The van der Waals surface area contributed by atoms with Crippen molar-refractivity contribution >= 4 is 34.9 Å². The summed E-state index contributed by atoms with van der Waals surface area (Å²) in [5.41, 5.74) is 3.22. The van der Waals surface area contributed by atoms with Gasteiger partial charge in [-0.1, -0.05) is 25.0 Å². The predicted octanol–water partition coefficient (Wildman–Crippen LogP) is 2.90. The van der Waals surface area contributed by atoms with E-state index in [1.165, 1.54) is 11.3 Å². The second-order valence-electron chi connectivity index (χ2n) is 4.44. The molecule has 1 aromatic rings. The van der Waals surface area contributed by atoms with E-state index in [0.717, 1.165) is 34.8 Å². The zero-order valence-corrected chi connectivity index (χ0v) is 12.5. The van der Waals surface area contributed by atoms with Crippen molar-refractivity contribution in [3.05, 3.63) is 28.8 Å². The number of aliphatic hydroxyl groups is 1. The van der Waals surface area contributed by atoms with Crippen LogP contribution in [0.25, 0.3) is 5.57 Å². The summed E-state index contributed by atoms with van der Waals surface area (Å²) in [6.45, 7) is 2.58. The first kappa shape index (κ1) is 14.6. The third kappa shape index (κ3) is 4.07. The summed E-state index contributed by atoms with van der Waals surface area (Å²) in [7, 11) is 0. The molecule has 1 aromatic heterocycles. The molecule has 6 heteroatoms. The molecule has 1 aliphatic rings. The zero-order valence-electron chi connectivity index (χ0n) is 10.8. The van der Waals surface area contributed by atoms with E-state index in [1.807, 2.05) is 5.38 Å². The smallest absolute Gasteiger partial charge is 0.193 e. The molecule has 19 heavy (non-hydrogen) atoms. The highest BCUT2D eigenvalue weighted by atomic mass is 32.1. The van der Waals surface area contributed by atoms with Crippen molar-refractivity contribution in [2.24, 2.45) is 0 Å². The molecule has 0 aliphatic heterocycles. The Kier molecular flexibility index (Phi) is 5.45. The number of rotatable bonds is 6. The van der Waals surface area contributed by atoms with Crippen LogP contribution in [-0.4, -0.2) is 29.4 Å². The molecule has 1 heterocycles. The number of thiazole rings is 1. The number of thiol groups is 1. The second-order valence-corrected chi connectivity index (χ2v) is 5.52. The van der Waals surface area contributed by atoms with Gasteiger partial charge in [0.2, 0.25) is 0 Å². The van der Waals surface area contributed by atoms with Gasteiger partial charge in [0, 0.05) is 11.0 Å². The maximum atomic E-state index is 9.21. The standard InChI is InChI=1S/C13H18N2O2S2/c1-9(16)6-17-7-10-4-2-3-5-11(10)12-8-19-13(14-12)15-18/h4-5,8-9,16,18H,2-3,6-7H2,1H3,(H,14,15)/t9-/m0/s1. The van der Waals surface area contributed by atoms with Crippen LogP contribution in [0.5, 0.6) is 0 Å². The Morgan fingerprint density at radius 2 is 2.32 bits per heavy atom. The summed E-state index contributed by atoms with van der Waals surface area (Å²) < 4.78 is 8.26. The number of aromatic nitrogens is 1. The number of nitrogens with one attached hydrogen (secondary N) is 1. The summed E-state index contributed by atoms with van der Waals surface area (Å²) in [6.07, 6.45) is 5.99. The largest absolute Gasteiger partial charge is 0.391 e. The second kappa shape index (κ2) is 7.09. The van der Waals surface area contributed by atoms with Crippen LogP contribution in [0.1, 0.15) is 25.5 Å².